The summed E-state index contributed by atoms with van der Waals surface area (Å²) in [5.74, 6) is 0.423. The molecule has 0 aliphatic heterocycles. The molecule has 1 atom stereocenters. The Kier molecular flexibility index (Phi) is 10.2. The van der Waals surface area contributed by atoms with Gasteiger partial charge in [-0.3, -0.25) is 4.79 Å². The normalized spacial score (nSPS) is 11.5. The lowest BCUT2D eigenvalue weighted by molar-refractivity contribution is -0.152. The van der Waals surface area contributed by atoms with Crippen LogP contribution in [0.2, 0.25) is 0 Å². The molecule has 1 rings (SSSR count). The lowest BCUT2D eigenvalue weighted by Gasteiger charge is -2.24. The van der Waals surface area contributed by atoms with Gasteiger partial charge in [0.1, 0.15) is 5.75 Å². The molecule has 0 bridgehead atoms. The summed E-state index contributed by atoms with van der Waals surface area (Å²) in [5.41, 5.74) is 1.01. The molecule has 1 unspecified atom stereocenters. The van der Waals surface area contributed by atoms with Crippen LogP contribution in [-0.4, -0.2) is 57.5 Å². The molecule has 1 aromatic rings. The van der Waals surface area contributed by atoms with E-state index >= 15 is 0 Å². The van der Waals surface area contributed by atoms with Crippen molar-refractivity contribution in [2.75, 3.05) is 34.5 Å². The molecule has 7 heteroatoms. The van der Waals surface area contributed by atoms with Crippen LogP contribution < -0.4 is 10.1 Å². The number of likely N-dealkylation sites (N-methyl/N-ethyl adjacent to an activating group) is 1. The predicted octanol–water partition coefficient (Wildman–Crippen LogP) is 2.59. The number of carbonyl (C=O) groups is 2. The largest absolute Gasteiger partial charge is 0.496 e. The van der Waals surface area contributed by atoms with E-state index in [4.69, 9.17) is 14.2 Å². The molecule has 26 heavy (non-hydrogen) atoms. The number of nitrogens with one attached hydrogen (secondary N) is 1. The summed E-state index contributed by atoms with van der Waals surface area (Å²) in [6.45, 7) is 2.41. The zero-order valence-electron chi connectivity index (χ0n) is 16.1. The van der Waals surface area contributed by atoms with Crippen LogP contribution in [0.3, 0.4) is 0 Å². The number of benzene rings is 1. The number of amides is 1. The molecule has 0 aromatic heterocycles. The van der Waals surface area contributed by atoms with Crippen LogP contribution in [0.1, 0.15) is 31.7 Å². The van der Waals surface area contributed by atoms with Crippen molar-refractivity contribution in [2.24, 2.45) is 0 Å². The molecule has 0 saturated heterocycles. The maximum atomic E-state index is 12.1. The second-order valence-electron chi connectivity index (χ2n) is 6.08. The maximum Gasteiger partial charge on any atom is 0.412 e. The smallest absolute Gasteiger partial charge is 0.412 e. The summed E-state index contributed by atoms with van der Waals surface area (Å²) >= 11 is 0. The minimum absolute atomic E-state index is 0.101. The number of methoxy groups -OCH3 is 1. The molecule has 1 N–H and O–H groups in total. The number of para-hydroxylation sites is 1. The van der Waals surface area contributed by atoms with Gasteiger partial charge in [0, 0.05) is 19.5 Å². The molecule has 146 valence electrons. The number of esters is 1. The number of hydrogen-bond acceptors (Lipinski definition) is 6. The molecule has 0 fully saturated rings. The van der Waals surface area contributed by atoms with Crippen LogP contribution in [0.5, 0.6) is 5.75 Å². The highest BCUT2D eigenvalue weighted by Crippen LogP contribution is 2.20. The SMILES string of the molecule is CNCCCCC(=O)OCOC(=O)N(C)C(C)Cc1ccccc1OC. The summed E-state index contributed by atoms with van der Waals surface area (Å²) in [6, 6.07) is 7.58. The number of unbranched alkanes of at least 4 members (excludes halogenated alkanes) is 1. The van der Waals surface area contributed by atoms with Crippen LogP contribution in [0, 0.1) is 0 Å². The minimum Gasteiger partial charge on any atom is -0.496 e. The maximum absolute atomic E-state index is 12.1. The van der Waals surface area contributed by atoms with E-state index in [1.165, 1.54) is 4.90 Å². The Morgan fingerprint density at radius 2 is 1.92 bits per heavy atom. The van der Waals surface area contributed by atoms with Gasteiger partial charge in [-0.05, 0) is 51.4 Å². The van der Waals surface area contributed by atoms with E-state index in [1.807, 2.05) is 38.2 Å². The molecule has 0 radical (unpaired) electrons. The second kappa shape index (κ2) is 12.1. The van der Waals surface area contributed by atoms with Crippen molar-refractivity contribution < 1.29 is 23.8 Å². The van der Waals surface area contributed by atoms with Crippen molar-refractivity contribution in [3.63, 3.8) is 0 Å². The number of rotatable bonds is 11. The molecule has 0 aliphatic carbocycles. The van der Waals surface area contributed by atoms with Crippen LogP contribution in [-0.2, 0) is 20.7 Å². The predicted molar refractivity (Wildman–Crippen MR) is 99.1 cm³/mol. The van der Waals surface area contributed by atoms with E-state index in [9.17, 15) is 9.59 Å². The van der Waals surface area contributed by atoms with Gasteiger partial charge in [-0.1, -0.05) is 18.2 Å². The van der Waals surface area contributed by atoms with Crippen LogP contribution in [0.15, 0.2) is 24.3 Å². The van der Waals surface area contributed by atoms with Crippen molar-refractivity contribution in [1.29, 1.82) is 0 Å². The Morgan fingerprint density at radius 3 is 2.62 bits per heavy atom. The van der Waals surface area contributed by atoms with Crippen LogP contribution in [0.4, 0.5) is 4.79 Å². The number of ether oxygens (including phenoxy) is 3. The van der Waals surface area contributed by atoms with E-state index in [1.54, 1.807) is 14.2 Å². The Labute approximate surface area is 155 Å². The fourth-order valence-corrected chi connectivity index (χ4v) is 2.40. The van der Waals surface area contributed by atoms with Gasteiger partial charge < -0.3 is 24.4 Å². The third-order valence-electron chi connectivity index (χ3n) is 4.12. The Morgan fingerprint density at radius 1 is 1.19 bits per heavy atom. The van der Waals surface area contributed by atoms with Gasteiger partial charge in [-0.25, -0.2) is 4.79 Å². The average molecular weight is 366 g/mol. The molecule has 0 saturated carbocycles. The highest BCUT2D eigenvalue weighted by Gasteiger charge is 2.19. The van der Waals surface area contributed by atoms with E-state index in [2.05, 4.69) is 5.32 Å². The van der Waals surface area contributed by atoms with Crippen molar-refractivity contribution in [1.82, 2.24) is 10.2 Å². The van der Waals surface area contributed by atoms with Crippen molar-refractivity contribution in [2.45, 2.75) is 38.6 Å². The Balaban J connectivity index is 2.34. The highest BCUT2D eigenvalue weighted by molar-refractivity contribution is 5.70. The second-order valence-corrected chi connectivity index (χ2v) is 6.08. The summed E-state index contributed by atoms with van der Waals surface area (Å²) in [6.07, 6.45) is 2.05. The third kappa shape index (κ3) is 7.74. The lowest BCUT2D eigenvalue weighted by atomic mass is 10.1. The quantitative estimate of drug-likeness (QED) is 0.368. The molecular weight excluding hydrogens is 336 g/mol. The molecular formula is C19H30N2O5. The summed E-state index contributed by atoms with van der Waals surface area (Å²) < 4.78 is 15.3. The van der Waals surface area contributed by atoms with Gasteiger partial charge in [0.15, 0.2) is 0 Å². The van der Waals surface area contributed by atoms with Gasteiger partial charge >= 0.3 is 12.1 Å². The topological polar surface area (TPSA) is 77.1 Å². The summed E-state index contributed by atoms with van der Waals surface area (Å²) in [4.78, 5) is 25.1. The minimum atomic E-state index is -0.532. The summed E-state index contributed by atoms with van der Waals surface area (Å²) in [5, 5.41) is 3.01. The Bertz CT molecular complexity index is 565. The number of nitrogens with zero attached hydrogens (tertiary/aromatic N) is 1. The van der Waals surface area contributed by atoms with E-state index in [0.717, 1.165) is 30.7 Å². The molecule has 0 aliphatic rings. The fourth-order valence-electron chi connectivity index (χ4n) is 2.40. The summed E-state index contributed by atoms with van der Waals surface area (Å²) in [7, 11) is 5.14. The molecule has 0 spiro atoms. The van der Waals surface area contributed by atoms with Gasteiger partial charge in [0.05, 0.1) is 7.11 Å². The van der Waals surface area contributed by atoms with E-state index in [0.29, 0.717) is 12.8 Å². The molecule has 1 amide bonds. The van der Waals surface area contributed by atoms with Gasteiger partial charge in [0.2, 0.25) is 6.79 Å². The zero-order chi connectivity index (χ0) is 19.4. The lowest BCUT2D eigenvalue weighted by Crippen LogP contribution is -2.37. The number of carbonyl (C=O) groups excluding carboxylic acids is 2. The van der Waals surface area contributed by atoms with Gasteiger partial charge in [-0.2, -0.15) is 0 Å². The van der Waals surface area contributed by atoms with Crippen molar-refractivity contribution >= 4 is 12.1 Å². The van der Waals surface area contributed by atoms with Crippen LogP contribution in [0.25, 0.3) is 0 Å². The van der Waals surface area contributed by atoms with Crippen molar-refractivity contribution in [3.05, 3.63) is 29.8 Å². The van der Waals surface area contributed by atoms with Crippen LogP contribution >= 0.6 is 0 Å². The molecule has 0 heterocycles. The first-order chi connectivity index (χ1) is 12.5. The first-order valence-corrected chi connectivity index (χ1v) is 8.81. The number of hydrogen-bond donors (Lipinski definition) is 1. The highest BCUT2D eigenvalue weighted by atomic mass is 16.7. The standard InChI is InChI=1S/C19H30N2O5/c1-15(13-16-9-5-6-10-17(16)24-4)21(3)19(23)26-14-25-18(22)11-7-8-12-20-2/h5-6,9-10,15,20H,7-8,11-14H2,1-4H3. The monoisotopic (exact) mass is 366 g/mol. The van der Waals surface area contributed by atoms with E-state index in [-0.39, 0.29) is 18.8 Å². The molecule has 7 nitrogen and oxygen atoms in total. The van der Waals surface area contributed by atoms with Crippen molar-refractivity contribution in [3.8, 4) is 5.75 Å². The first kappa shape index (κ1) is 21.8. The average Bonchev–Trinajstić information content (AvgIpc) is 2.64. The zero-order valence-corrected chi connectivity index (χ0v) is 16.1. The van der Waals surface area contributed by atoms with Gasteiger partial charge in [-0.15, -0.1) is 0 Å². The third-order valence-corrected chi connectivity index (χ3v) is 4.12. The molecule has 1 aromatic carbocycles. The van der Waals surface area contributed by atoms with E-state index < -0.39 is 6.09 Å². The fraction of sp³-hybridized carbons (Fsp3) is 0.579. The first-order valence-electron chi connectivity index (χ1n) is 8.81. The Hall–Kier alpha value is -2.28. The van der Waals surface area contributed by atoms with Gasteiger partial charge in [0.25, 0.3) is 0 Å².